The summed E-state index contributed by atoms with van der Waals surface area (Å²) in [6, 6.07) is 13.3. The lowest BCUT2D eigenvalue weighted by Crippen LogP contribution is -2.16. The van der Waals surface area contributed by atoms with Crippen LogP contribution in [0.2, 0.25) is 5.02 Å². The van der Waals surface area contributed by atoms with Gasteiger partial charge in [0.2, 0.25) is 11.2 Å². The Balaban J connectivity index is 1.78. The largest absolute Gasteiger partial charge is 0.450 e. The zero-order chi connectivity index (χ0) is 24.6. The first-order chi connectivity index (χ1) is 16.0. The number of nitro benzene ring substituents is 1. The summed E-state index contributed by atoms with van der Waals surface area (Å²) in [6.45, 7) is 0. The number of esters is 1. The van der Waals surface area contributed by atoms with E-state index in [4.69, 9.17) is 20.8 Å². The minimum atomic E-state index is -5.00. The Kier molecular flexibility index (Phi) is 5.84. The number of alkyl halides is 3. The van der Waals surface area contributed by atoms with Gasteiger partial charge in [-0.2, -0.15) is 13.2 Å². The molecule has 3 aromatic carbocycles. The highest BCUT2D eigenvalue weighted by Crippen LogP contribution is 2.38. The highest BCUT2D eigenvalue weighted by molar-refractivity contribution is 6.30. The average molecular weight is 490 g/mol. The number of carbonyl (C=O) groups is 1. The summed E-state index contributed by atoms with van der Waals surface area (Å²) in [4.78, 5) is 35.5. The van der Waals surface area contributed by atoms with Crippen LogP contribution >= 0.6 is 11.6 Å². The maximum absolute atomic E-state index is 13.8. The van der Waals surface area contributed by atoms with Gasteiger partial charge in [0.05, 0.1) is 21.4 Å². The van der Waals surface area contributed by atoms with Crippen LogP contribution < -0.4 is 10.2 Å². The number of carbonyl (C=O) groups excluding carboxylic acids is 1. The Morgan fingerprint density at radius 2 is 1.74 bits per heavy atom. The number of halogens is 4. The number of hydrogen-bond donors (Lipinski definition) is 0. The Morgan fingerprint density at radius 3 is 2.38 bits per heavy atom. The molecular formula is C23H11ClF3NO6. The van der Waals surface area contributed by atoms with Gasteiger partial charge in [-0.1, -0.05) is 29.8 Å². The van der Waals surface area contributed by atoms with E-state index in [0.29, 0.717) is 0 Å². The summed E-state index contributed by atoms with van der Waals surface area (Å²) in [5.41, 5.74) is -2.60. The fourth-order valence-electron chi connectivity index (χ4n) is 3.23. The van der Waals surface area contributed by atoms with Gasteiger partial charge in [-0.25, -0.2) is 4.79 Å². The van der Waals surface area contributed by atoms with E-state index in [1.54, 1.807) is 0 Å². The van der Waals surface area contributed by atoms with E-state index in [1.165, 1.54) is 48.5 Å². The van der Waals surface area contributed by atoms with Gasteiger partial charge in [-0.15, -0.1) is 0 Å². The molecule has 1 heterocycles. The van der Waals surface area contributed by atoms with Gasteiger partial charge in [0.1, 0.15) is 11.3 Å². The predicted molar refractivity (Wildman–Crippen MR) is 116 cm³/mol. The van der Waals surface area contributed by atoms with Crippen molar-refractivity contribution in [1.29, 1.82) is 0 Å². The summed E-state index contributed by atoms with van der Waals surface area (Å²) in [5.74, 6) is -2.73. The number of nitro groups is 1. The van der Waals surface area contributed by atoms with Crippen molar-refractivity contribution in [2.45, 2.75) is 6.18 Å². The molecule has 0 spiro atoms. The molecular weight excluding hydrogens is 479 g/mol. The highest BCUT2D eigenvalue weighted by atomic mass is 35.5. The van der Waals surface area contributed by atoms with E-state index >= 15 is 0 Å². The second kappa shape index (κ2) is 8.64. The standard InChI is InChI=1S/C23H11ClF3NO6/c24-14-6-4-12(5-7-14)19-20(29)17-9-8-16(11-18(17)34-21(19)23(25,26)27)33-22(30)13-2-1-3-15(10-13)28(31)32/h1-11H. The highest BCUT2D eigenvalue weighted by Gasteiger charge is 2.39. The number of nitrogens with zero attached hydrogens (tertiary/aromatic N) is 1. The van der Waals surface area contributed by atoms with Crippen LogP contribution in [0.15, 0.2) is 75.9 Å². The third-order valence-corrected chi connectivity index (χ3v) is 5.01. The molecule has 0 aliphatic carbocycles. The first-order valence-corrected chi connectivity index (χ1v) is 9.83. The first-order valence-electron chi connectivity index (χ1n) is 9.45. The number of ether oxygens (including phenoxy) is 1. The minimum absolute atomic E-state index is 0.0337. The molecule has 11 heteroatoms. The lowest BCUT2D eigenvalue weighted by Gasteiger charge is -2.13. The lowest BCUT2D eigenvalue weighted by atomic mass is 10.0. The molecule has 0 aliphatic rings. The SMILES string of the molecule is O=C(Oc1ccc2c(=O)c(-c3ccc(Cl)cc3)c(C(F)(F)F)oc2c1)c1cccc([N+](=O)[O-])c1. The van der Waals surface area contributed by atoms with E-state index in [1.807, 2.05) is 0 Å². The minimum Gasteiger partial charge on any atom is -0.450 e. The van der Waals surface area contributed by atoms with Crippen molar-refractivity contribution < 1.29 is 32.0 Å². The van der Waals surface area contributed by atoms with Crippen LogP contribution in [0.25, 0.3) is 22.1 Å². The molecule has 0 fully saturated rings. The van der Waals surface area contributed by atoms with E-state index in [2.05, 4.69) is 0 Å². The van der Waals surface area contributed by atoms with Crippen molar-refractivity contribution in [3.63, 3.8) is 0 Å². The molecule has 0 saturated heterocycles. The van der Waals surface area contributed by atoms with Crippen molar-refractivity contribution in [3.8, 4) is 16.9 Å². The molecule has 0 bridgehead atoms. The predicted octanol–water partition coefficient (Wildman–Crippen LogP) is 6.26. The van der Waals surface area contributed by atoms with Crippen LogP contribution in [-0.4, -0.2) is 10.9 Å². The maximum atomic E-state index is 13.8. The topological polar surface area (TPSA) is 99.7 Å². The van der Waals surface area contributed by atoms with Crippen molar-refractivity contribution in [2.75, 3.05) is 0 Å². The molecule has 0 saturated carbocycles. The second-order valence-corrected chi connectivity index (χ2v) is 7.43. The molecule has 172 valence electrons. The molecule has 0 amide bonds. The second-order valence-electron chi connectivity index (χ2n) is 6.99. The van der Waals surface area contributed by atoms with Crippen LogP contribution in [0, 0.1) is 10.1 Å². The van der Waals surface area contributed by atoms with Crippen molar-refractivity contribution in [1.82, 2.24) is 0 Å². The van der Waals surface area contributed by atoms with Crippen molar-refractivity contribution >= 4 is 34.2 Å². The van der Waals surface area contributed by atoms with Crippen LogP contribution in [0.4, 0.5) is 18.9 Å². The molecule has 4 aromatic rings. The molecule has 7 nitrogen and oxygen atoms in total. The average Bonchev–Trinajstić information content (AvgIpc) is 2.79. The van der Waals surface area contributed by atoms with Crippen molar-refractivity contribution in [2.24, 2.45) is 0 Å². The molecule has 0 radical (unpaired) electrons. The quantitative estimate of drug-likeness (QED) is 0.145. The number of benzene rings is 3. The zero-order valence-electron chi connectivity index (χ0n) is 16.8. The van der Waals surface area contributed by atoms with E-state index in [9.17, 15) is 32.9 Å². The third kappa shape index (κ3) is 4.48. The smallest absolute Gasteiger partial charge is 0.450 e. The monoisotopic (exact) mass is 489 g/mol. The summed E-state index contributed by atoms with van der Waals surface area (Å²) in [6.07, 6.45) is -5.00. The van der Waals surface area contributed by atoms with Gasteiger partial charge < -0.3 is 9.15 Å². The molecule has 4 rings (SSSR count). The Morgan fingerprint density at radius 1 is 1.03 bits per heavy atom. The number of non-ortho nitro benzene ring substituents is 1. The van der Waals surface area contributed by atoms with Gasteiger partial charge in [0.25, 0.3) is 5.69 Å². The van der Waals surface area contributed by atoms with Gasteiger partial charge in [-0.05, 0) is 35.9 Å². The van der Waals surface area contributed by atoms with Gasteiger partial charge in [0.15, 0.2) is 0 Å². The van der Waals surface area contributed by atoms with Gasteiger partial charge in [0, 0.05) is 23.2 Å². The summed E-state index contributed by atoms with van der Waals surface area (Å²) >= 11 is 5.79. The van der Waals surface area contributed by atoms with Crippen LogP contribution in [0.3, 0.4) is 0 Å². The van der Waals surface area contributed by atoms with Gasteiger partial charge in [-0.3, -0.25) is 14.9 Å². The van der Waals surface area contributed by atoms with Crippen LogP contribution in [0.5, 0.6) is 5.75 Å². The summed E-state index contributed by atoms with van der Waals surface area (Å²) < 4.78 is 51.5. The van der Waals surface area contributed by atoms with Crippen LogP contribution in [-0.2, 0) is 6.18 Å². The molecule has 0 atom stereocenters. The zero-order valence-corrected chi connectivity index (χ0v) is 17.5. The third-order valence-electron chi connectivity index (χ3n) is 4.76. The normalized spacial score (nSPS) is 11.4. The number of fused-ring (bicyclic) bond motifs is 1. The van der Waals surface area contributed by atoms with E-state index < -0.39 is 39.4 Å². The van der Waals surface area contributed by atoms with E-state index in [-0.39, 0.29) is 33.0 Å². The first kappa shape index (κ1) is 23.0. The van der Waals surface area contributed by atoms with E-state index in [0.717, 1.165) is 18.2 Å². The molecule has 34 heavy (non-hydrogen) atoms. The summed E-state index contributed by atoms with van der Waals surface area (Å²) in [5, 5.41) is 11.0. The Hall–Kier alpha value is -4.18. The summed E-state index contributed by atoms with van der Waals surface area (Å²) in [7, 11) is 0. The Bertz CT molecular complexity index is 1500. The number of hydrogen-bond acceptors (Lipinski definition) is 6. The van der Waals surface area contributed by atoms with Crippen LogP contribution in [0.1, 0.15) is 16.1 Å². The number of rotatable bonds is 4. The molecule has 0 unspecified atom stereocenters. The molecule has 1 aromatic heterocycles. The maximum Gasteiger partial charge on any atom is 0.450 e. The van der Waals surface area contributed by atoms with Gasteiger partial charge >= 0.3 is 12.1 Å². The molecule has 0 aliphatic heterocycles. The fraction of sp³-hybridized carbons (Fsp3) is 0.0435. The van der Waals surface area contributed by atoms with Crippen molar-refractivity contribution in [3.05, 3.63) is 103 Å². The molecule has 0 N–H and O–H groups in total. The fourth-order valence-corrected chi connectivity index (χ4v) is 3.35. The Labute approximate surface area is 193 Å². The lowest BCUT2D eigenvalue weighted by molar-refractivity contribution is -0.384.